The summed E-state index contributed by atoms with van der Waals surface area (Å²) in [6, 6.07) is 9.81. The molecule has 0 radical (unpaired) electrons. The fraction of sp³-hybridized carbons (Fsp3) is 0.562. The minimum Gasteiger partial charge on any atom is -0.490 e. The summed E-state index contributed by atoms with van der Waals surface area (Å²) in [5.41, 5.74) is -0.436. The number of piperidine rings is 1. The largest absolute Gasteiger partial charge is 0.490 e. The Kier molecular flexibility index (Phi) is 4.53. The van der Waals surface area contributed by atoms with E-state index in [4.69, 9.17) is 9.47 Å². The Balaban J connectivity index is 1.79. The van der Waals surface area contributed by atoms with Crippen molar-refractivity contribution in [3.05, 3.63) is 30.3 Å². The second kappa shape index (κ2) is 6.16. The molecule has 1 aromatic carbocycles. The van der Waals surface area contributed by atoms with Gasteiger partial charge in [0, 0.05) is 25.9 Å². The quantitative estimate of drug-likeness (QED) is 0.831. The predicted octanol–water partition coefficient (Wildman–Crippen LogP) is 3.46. The van der Waals surface area contributed by atoms with Crippen molar-refractivity contribution in [1.29, 1.82) is 0 Å². The van der Waals surface area contributed by atoms with E-state index in [9.17, 15) is 4.79 Å². The summed E-state index contributed by atoms with van der Waals surface area (Å²) in [7, 11) is 0. The van der Waals surface area contributed by atoms with Crippen molar-refractivity contribution < 1.29 is 14.3 Å². The van der Waals surface area contributed by atoms with Crippen molar-refractivity contribution in [2.75, 3.05) is 13.1 Å². The van der Waals surface area contributed by atoms with Gasteiger partial charge < -0.3 is 14.4 Å². The first kappa shape index (κ1) is 14.7. The van der Waals surface area contributed by atoms with Crippen LogP contribution in [0.25, 0.3) is 0 Å². The van der Waals surface area contributed by atoms with Gasteiger partial charge in [-0.1, -0.05) is 18.2 Å². The second-order valence-electron chi connectivity index (χ2n) is 6.10. The number of likely N-dealkylation sites (tertiary alicyclic amines) is 1. The minimum atomic E-state index is -0.436. The topological polar surface area (TPSA) is 38.8 Å². The van der Waals surface area contributed by atoms with Crippen LogP contribution in [0.5, 0.6) is 5.75 Å². The van der Waals surface area contributed by atoms with Gasteiger partial charge in [-0.05, 0) is 32.9 Å². The van der Waals surface area contributed by atoms with Gasteiger partial charge in [0.05, 0.1) is 0 Å². The molecule has 110 valence electrons. The summed E-state index contributed by atoms with van der Waals surface area (Å²) in [5, 5.41) is 0. The van der Waals surface area contributed by atoms with E-state index < -0.39 is 5.60 Å². The van der Waals surface area contributed by atoms with Crippen LogP contribution in [0.4, 0.5) is 4.79 Å². The highest BCUT2D eigenvalue weighted by Gasteiger charge is 2.27. The minimum absolute atomic E-state index is 0.177. The molecular weight excluding hydrogens is 254 g/mol. The molecule has 1 saturated heterocycles. The molecule has 0 spiro atoms. The third-order valence-electron chi connectivity index (χ3n) is 3.14. The lowest BCUT2D eigenvalue weighted by molar-refractivity contribution is 0.0126. The number of hydrogen-bond donors (Lipinski definition) is 0. The van der Waals surface area contributed by atoms with Crippen molar-refractivity contribution in [2.45, 2.75) is 45.3 Å². The monoisotopic (exact) mass is 277 g/mol. The van der Waals surface area contributed by atoms with Crippen LogP contribution in [0.15, 0.2) is 30.3 Å². The molecule has 2 rings (SSSR count). The molecule has 0 aliphatic carbocycles. The Morgan fingerprint density at radius 2 is 1.75 bits per heavy atom. The van der Waals surface area contributed by atoms with Crippen molar-refractivity contribution in [1.82, 2.24) is 4.90 Å². The lowest BCUT2D eigenvalue weighted by Gasteiger charge is -2.33. The van der Waals surface area contributed by atoms with Gasteiger partial charge >= 0.3 is 6.09 Å². The van der Waals surface area contributed by atoms with Gasteiger partial charge in [-0.2, -0.15) is 0 Å². The summed E-state index contributed by atoms with van der Waals surface area (Å²) in [5.74, 6) is 0.892. The fourth-order valence-electron chi connectivity index (χ4n) is 2.17. The molecule has 1 aromatic rings. The van der Waals surface area contributed by atoms with Crippen molar-refractivity contribution in [2.24, 2.45) is 0 Å². The summed E-state index contributed by atoms with van der Waals surface area (Å²) in [6.07, 6.45) is 1.63. The van der Waals surface area contributed by atoms with Crippen LogP contribution in [0.1, 0.15) is 33.6 Å². The van der Waals surface area contributed by atoms with E-state index in [1.54, 1.807) is 4.90 Å². The first-order valence-corrected chi connectivity index (χ1v) is 7.14. The van der Waals surface area contributed by atoms with Crippen LogP contribution in [0.3, 0.4) is 0 Å². The highest BCUT2D eigenvalue weighted by atomic mass is 16.6. The fourth-order valence-corrected chi connectivity index (χ4v) is 2.17. The first-order chi connectivity index (χ1) is 9.44. The molecule has 1 amide bonds. The van der Waals surface area contributed by atoms with Gasteiger partial charge in [-0.15, -0.1) is 0 Å². The van der Waals surface area contributed by atoms with Crippen molar-refractivity contribution in [3.63, 3.8) is 0 Å². The van der Waals surface area contributed by atoms with Crippen molar-refractivity contribution >= 4 is 6.09 Å². The van der Waals surface area contributed by atoms with E-state index in [0.717, 1.165) is 18.6 Å². The van der Waals surface area contributed by atoms with E-state index in [0.29, 0.717) is 13.1 Å². The highest BCUT2D eigenvalue weighted by molar-refractivity contribution is 5.68. The van der Waals surface area contributed by atoms with Crippen LogP contribution < -0.4 is 4.74 Å². The number of rotatable bonds is 2. The predicted molar refractivity (Wildman–Crippen MR) is 77.9 cm³/mol. The van der Waals surface area contributed by atoms with Crippen molar-refractivity contribution in [3.8, 4) is 5.75 Å². The molecule has 0 bridgehead atoms. The molecule has 1 aliphatic heterocycles. The number of benzene rings is 1. The number of amides is 1. The van der Waals surface area contributed by atoms with Crippen LogP contribution >= 0.6 is 0 Å². The maximum Gasteiger partial charge on any atom is 0.410 e. The number of carbonyl (C=O) groups is 1. The molecule has 1 aliphatic rings. The molecule has 1 heterocycles. The Labute approximate surface area is 120 Å². The van der Waals surface area contributed by atoms with Crippen LogP contribution in [-0.4, -0.2) is 35.8 Å². The van der Waals surface area contributed by atoms with E-state index in [1.807, 2.05) is 51.1 Å². The molecule has 4 heteroatoms. The highest BCUT2D eigenvalue weighted by Crippen LogP contribution is 2.20. The Hall–Kier alpha value is -1.71. The van der Waals surface area contributed by atoms with E-state index in [-0.39, 0.29) is 12.2 Å². The van der Waals surface area contributed by atoms with Gasteiger partial charge in [0.1, 0.15) is 17.5 Å². The lowest BCUT2D eigenvalue weighted by atomic mass is 10.1. The summed E-state index contributed by atoms with van der Waals surface area (Å²) in [6.45, 7) is 7.03. The number of carbonyl (C=O) groups excluding carboxylic acids is 1. The Morgan fingerprint density at radius 3 is 2.30 bits per heavy atom. The number of para-hydroxylation sites is 1. The number of ether oxygens (including phenoxy) is 2. The van der Waals surface area contributed by atoms with Crippen LogP contribution in [-0.2, 0) is 4.74 Å². The SMILES string of the molecule is CC(C)(C)OC(=O)N1CCC(Oc2ccccc2)CC1. The maximum atomic E-state index is 11.9. The summed E-state index contributed by atoms with van der Waals surface area (Å²) in [4.78, 5) is 13.7. The molecule has 4 nitrogen and oxygen atoms in total. The zero-order valence-electron chi connectivity index (χ0n) is 12.5. The van der Waals surface area contributed by atoms with Gasteiger partial charge in [-0.3, -0.25) is 0 Å². The second-order valence-corrected chi connectivity index (χ2v) is 6.10. The normalized spacial score (nSPS) is 16.9. The molecule has 0 unspecified atom stereocenters. The molecule has 0 atom stereocenters. The number of nitrogens with zero attached hydrogens (tertiary/aromatic N) is 1. The zero-order valence-corrected chi connectivity index (χ0v) is 12.5. The smallest absolute Gasteiger partial charge is 0.410 e. The lowest BCUT2D eigenvalue weighted by Crippen LogP contribution is -2.44. The third kappa shape index (κ3) is 4.44. The molecule has 0 N–H and O–H groups in total. The van der Waals surface area contributed by atoms with Gasteiger partial charge in [-0.25, -0.2) is 4.79 Å². The molecule has 20 heavy (non-hydrogen) atoms. The Bertz CT molecular complexity index is 431. The Morgan fingerprint density at radius 1 is 1.15 bits per heavy atom. The summed E-state index contributed by atoms with van der Waals surface area (Å²) >= 11 is 0. The van der Waals surface area contributed by atoms with Gasteiger partial charge in [0.2, 0.25) is 0 Å². The maximum absolute atomic E-state index is 11.9. The van der Waals surface area contributed by atoms with Crippen LogP contribution in [0.2, 0.25) is 0 Å². The number of hydrogen-bond acceptors (Lipinski definition) is 3. The van der Waals surface area contributed by atoms with Gasteiger partial charge in [0.15, 0.2) is 0 Å². The van der Waals surface area contributed by atoms with E-state index in [1.165, 1.54) is 0 Å². The standard InChI is InChI=1S/C16H23NO3/c1-16(2,3)20-15(18)17-11-9-14(10-12-17)19-13-7-5-4-6-8-13/h4-8,14H,9-12H2,1-3H3. The van der Waals surface area contributed by atoms with E-state index >= 15 is 0 Å². The van der Waals surface area contributed by atoms with Crippen LogP contribution in [0, 0.1) is 0 Å². The van der Waals surface area contributed by atoms with E-state index in [2.05, 4.69) is 0 Å². The third-order valence-corrected chi connectivity index (χ3v) is 3.14. The molecular formula is C16H23NO3. The molecule has 0 aromatic heterocycles. The van der Waals surface area contributed by atoms with Gasteiger partial charge in [0.25, 0.3) is 0 Å². The average molecular weight is 277 g/mol. The summed E-state index contributed by atoms with van der Waals surface area (Å²) < 4.78 is 11.3. The molecule has 1 fully saturated rings. The molecule has 0 saturated carbocycles. The zero-order chi connectivity index (χ0) is 14.6. The average Bonchev–Trinajstić information content (AvgIpc) is 2.39. The first-order valence-electron chi connectivity index (χ1n) is 7.14.